The molecule has 9 heteroatoms. The summed E-state index contributed by atoms with van der Waals surface area (Å²) in [6.45, 7) is 0. The van der Waals surface area contributed by atoms with Gasteiger partial charge in [-0.05, 0) is 178 Å². The number of rotatable bonds is 17. The minimum Gasteiger partial charge on any atom is -0.309 e. The zero-order chi connectivity index (χ0) is 95.1. The standard InChI is InChI=1S/C50H33N3.C43H29N3.C41H27N3/c1-3-11-34(12-4-1)36-19-24-38(25-20-36)46-33-47(52-50(51-46)42-28-23-35-13-7-8-14-40(35)31-42)39-26-21-37(22-27-39)41-29-30-45-44-17-9-10-18-48(44)53(49(45)32-41)43-15-5-2-6-16-43;1-2-8-30(9-3-1)32-15-20-34(21-16-32)41-28-42(46-43(45-41)39-24-19-31-10-4-5-11-36(31)27-39)35-22-17-33(18-23-35)37-12-6-13-38(26-37)40-14-7-25-44-29-40;1-2-8-28(9-3-1)30-15-20-32(21-16-30)38-27-39(44-41(43-38)36-24-17-29-10-4-5-11-35(29)26-36)33-22-18-31(19-23-33)37-14-6-12-34-13-7-25-42-40(34)37/h1-33H;1-29H;1-27H. The van der Waals surface area contributed by atoms with Gasteiger partial charge in [0.1, 0.15) is 0 Å². The van der Waals surface area contributed by atoms with Gasteiger partial charge in [-0.3, -0.25) is 9.97 Å². The lowest BCUT2D eigenvalue weighted by Gasteiger charge is -2.12. The van der Waals surface area contributed by atoms with E-state index in [1.165, 1.54) is 93.1 Å². The van der Waals surface area contributed by atoms with Crippen LogP contribution < -0.4 is 0 Å². The molecule has 0 saturated carbocycles. The zero-order valence-corrected chi connectivity index (χ0v) is 77.9. The predicted octanol–water partition coefficient (Wildman–Crippen LogP) is 34.6. The van der Waals surface area contributed by atoms with Crippen LogP contribution in [0.4, 0.5) is 0 Å². The fourth-order valence-corrected chi connectivity index (χ4v) is 19.2. The van der Waals surface area contributed by atoms with Crippen LogP contribution in [0.25, 0.3) is 250 Å². The van der Waals surface area contributed by atoms with Crippen molar-refractivity contribution in [3.63, 3.8) is 0 Å². The van der Waals surface area contributed by atoms with Crippen LogP contribution in [0.1, 0.15) is 0 Å². The molecule has 0 unspecified atom stereocenters. The largest absolute Gasteiger partial charge is 0.309 e. The highest BCUT2D eigenvalue weighted by atomic mass is 15.0. The fraction of sp³-hybridized carbons (Fsp3) is 0. The van der Waals surface area contributed by atoms with Crippen molar-refractivity contribution in [3.8, 4) is 185 Å². The second-order valence-electron chi connectivity index (χ2n) is 35.8. The summed E-state index contributed by atoms with van der Waals surface area (Å²) in [4.78, 5) is 39.6. The van der Waals surface area contributed by atoms with Crippen LogP contribution >= 0.6 is 0 Å². The van der Waals surface area contributed by atoms with Crippen molar-refractivity contribution >= 4 is 65.0 Å². The zero-order valence-electron chi connectivity index (χ0n) is 77.9. The van der Waals surface area contributed by atoms with Crippen molar-refractivity contribution in [1.29, 1.82) is 0 Å². The van der Waals surface area contributed by atoms with Crippen LogP contribution in [0.15, 0.2) is 540 Å². The van der Waals surface area contributed by atoms with Gasteiger partial charge >= 0.3 is 0 Å². The van der Waals surface area contributed by atoms with Crippen LogP contribution in [-0.2, 0) is 0 Å². The Labute approximate surface area is 829 Å². The smallest absolute Gasteiger partial charge is 0.160 e. The molecule has 0 fully saturated rings. The molecule has 0 aliphatic heterocycles. The molecule has 143 heavy (non-hydrogen) atoms. The van der Waals surface area contributed by atoms with Gasteiger partial charge in [0.2, 0.25) is 0 Å². The van der Waals surface area contributed by atoms with E-state index in [2.05, 4.69) is 506 Å². The second kappa shape index (κ2) is 39.1. The minimum absolute atomic E-state index is 0.706. The number of aromatic nitrogens is 9. The SMILES string of the molecule is c1ccc(-c2ccc(-c3cc(-c4ccc(-c5ccc6c7ccccc7n(-c7ccccc7)c6c5)cc4)nc(-c4ccc5ccccc5c4)n3)cc2)cc1.c1ccc(-c2ccc(-c3cc(-c4ccc(-c5cccc(-c6cccnc6)c5)cc4)nc(-c4ccc5ccccc5c4)n3)cc2)cc1.c1ccc(-c2ccc(-c3cc(-c4ccc(-c5cccc6cccnc56)cc4)nc(-c4ccc5ccccc5c4)n3)cc2)cc1. The second-order valence-corrected chi connectivity index (χ2v) is 35.8. The normalized spacial score (nSPS) is 11.2. The van der Waals surface area contributed by atoms with E-state index in [0.717, 1.165) is 140 Å². The summed E-state index contributed by atoms with van der Waals surface area (Å²) in [7, 11) is 0. The summed E-state index contributed by atoms with van der Waals surface area (Å²) in [5.74, 6) is 2.12. The molecule has 0 bridgehead atoms. The molecule has 26 aromatic rings. The van der Waals surface area contributed by atoms with Crippen LogP contribution in [0, 0.1) is 0 Å². The average Bonchev–Trinajstić information content (AvgIpc) is 1.56. The third-order valence-electron chi connectivity index (χ3n) is 26.8. The Morgan fingerprint density at radius 2 is 0.441 bits per heavy atom. The molecule has 20 aromatic carbocycles. The Kier molecular flexibility index (Phi) is 23.7. The molecular weight excluding hydrogens is 1740 g/mol. The van der Waals surface area contributed by atoms with E-state index in [9.17, 15) is 0 Å². The summed E-state index contributed by atoms with van der Waals surface area (Å²) < 4.78 is 2.37. The Morgan fingerprint density at radius 1 is 0.154 bits per heavy atom. The number of nitrogens with zero attached hydrogens (tertiary/aromatic N) is 9. The molecule has 0 aliphatic carbocycles. The van der Waals surface area contributed by atoms with E-state index in [-0.39, 0.29) is 0 Å². The molecule has 26 rings (SSSR count). The van der Waals surface area contributed by atoms with Gasteiger partial charge in [0.25, 0.3) is 0 Å². The van der Waals surface area contributed by atoms with Crippen LogP contribution in [0.5, 0.6) is 0 Å². The number of pyridine rings is 2. The van der Waals surface area contributed by atoms with Crippen molar-refractivity contribution in [1.82, 2.24) is 44.4 Å². The molecule has 0 N–H and O–H groups in total. The maximum atomic E-state index is 5.17. The van der Waals surface area contributed by atoms with Crippen molar-refractivity contribution in [2.75, 3.05) is 0 Å². The topological polar surface area (TPSA) is 108 Å². The molecule has 0 atom stereocenters. The summed E-state index contributed by atoms with van der Waals surface area (Å²) in [6, 6.07) is 183. The quantitative estimate of drug-likeness (QED) is 0.0887. The van der Waals surface area contributed by atoms with Crippen LogP contribution in [0.3, 0.4) is 0 Å². The van der Waals surface area contributed by atoms with Crippen molar-refractivity contribution in [3.05, 3.63) is 540 Å². The molecule has 6 aromatic heterocycles. The maximum Gasteiger partial charge on any atom is 0.160 e. The van der Waals surface area contributed by atoms with E-state index < -0.39 is 0 Å². The first-order valence-electron chi connectivity index (χ1n) is 48.2. The first-order chi connectivity index (χ1) is 70.8. The Hall–Kier alpha value is -19.2. The van der Waals surface area contributed by atoms with Gasteiger partial charge in [0.15, 0.2) is 17.5 Å². The van der Waals surface area contributed by atoms with Gasteiger partial charge in [-0.1, -0.05) is 443 Å². The van der Waals surface area contributed by atoms with Crippen LogP contribution in [0.2, 0.25) is 0 Å². The monoisotopic (exact) mass is 1820 g/mol. The first kappa shape index (κ1) is 86.6. The van der Waals surface area contributed by atoms with Gasteiger partial charge in [-0.15, -0.1) is 0 Å². The van der Waals surface area contributed by atoms with Crippen molar-refractivity contribution in [2.24, 2.45) is 0 Å². The lowest BCUT2D eigenvalue weighted by molar-refractivity contribution is 1.18. The Balaban J connectivity index is 0.000000116. The average molecular weight is 1830 g/mol. The summed E-state index contributed by atoms with van der Waals surface area (Å²) in [5.41, 5.74) is 35.4. The summed E-state index contributed by atoms with van der Waals surface area (Å²) >= 11 is 0. The third-order valence-corrected chi connectivity index (χ3v) is 26.8. The van der Waals surface area contributed by atoms with Gasteiger partial charge in [-0.2, -0.15) is 0 Å². The summed E-state index contributed by atoms with van der Waals surface area (Å²) in [5, 5.41) is 10.7. The number of fused-ring (bicyclic) bond motifs is 7. The summed E-state index contributed by atoms with van der Waals surface area (Å²) in [6.07, 6.45) is 5.55. The third kappa shape index (κ3) is 18.4. The van der Waals surface area contributed by atoms with E-state index in [0.29, 0.717) is 17.5 Å². The number of hydrogen-bond acceptors (Lipinski definition) is 8. The molecule has 0 spiro atoms. The number of para-hydroxylation sites is 3. The Morgan fingerprint density at radius 3 is 0.853 bits per heavy atom. The van der Waals surface area contributed by atoms with Gasteiger partial charge < -0.3 is 4.57 Å². The molecule has 0 aliphatic rings. The highest BCUT2D eigenvalue weighted by Gasteiger charge is 2.21. The van der Waals surface area contributed by atoms with E-state index in [1.807, 2.05) is 42.7 Å². The molecule has 0 saturated heterocycles. The highest BCUT2D eigenvalue weighted by molar-refractivity contribution is 6.10. The molecule has 0 radical (unpaired) electrons. The first-order valence-corrected chi connectivity index (χ1v) is 48.2. The van der Waals surface area contributed by atoms with E-state index >= 15 is 0 Å². The van der Waals surface area contributed by atoms with Gasteiger partial charge in [0.05, 0.1) is 50.7 Å². The predicted molar refractivity (Wildman–Crippen MR) is 593 cm³/mol. The highest BCUT2D eigenvalue weighted by Crippen LogP contribution is 2.42. The molecule has 6 heterocycles. The number of benzene rings is 20. The fourth-order valence-electron chi connectivity index (χ4n) is 19.2. The molecule has 0 amide bonds. The van der Waals surface area contributed by atoms with Crippen molar-refractivity contribution in [2.45, 2.75) is 0 Å². The van der Waals surface area contributed by atoms with Crippen LogP contribution in [-0.4, -0.2) is 44.4 Å². The molecular formula is C134H89N9. The van der Waals surface area contributed by atoms with Gasteiger partial charge in [-0.25, -0.2) is 29.9 Å². The van der Waals surface area contributed by atoms with E-state index in [1.54, 1.807) is 6.20 Å². The lowest BCUT2D eigenvalue weighted by Crippen LogP contribution is -1.96. The minimum atomic E-state index is 0.706. The molecule has 670 valence electrons. The van der Waals surface area contributed by atoms with E-state index in [4.69, 9.17) is 29.9 Å². The maximum absolute atomic E-state index is 5.17. The Bertz CT molecular complexity index is 9120. The van der Waals surface area contributed by atoms with Crippen molar-refractivity contribution < 1.29 is 0 Å². The lowest BCUT2D eigenvalue weighted by atomic mass is 9.98. The number of hydrogen-bond donors (Lipinski definition) is 0. The molecule has 9 nitrogen and oxygen atoms in total. The van der Waals surface area contributed by atoms with Gasteiger partial charge in [0, 0.05) is 102 Å².